The molecule has 0 unspecified atom stereocenters. The Balaban J connectivity index is 1.43. The Kier molecular flexibility index (Phi) is 4.15. The standard InChI is InChI=1S/C22H23N3O3S/c1-13-4-5-15(10-14(13)2)25-12-22-7-6-16(28-22)18(19(22)21(25)27)20(26)24(3)11-17-23-8-9-29-17/h4-10,16,18-19H,11-12H2,1-3H3/t16-,18-,19+,22-/m0/s1. The summed E-state index contributed by atoms with van der Waals surface area (Å²) in [6.45, 7) is 4.99. The molecule has 5 rings (SSSR count). The van der Waals surface area contributed by atoms with Crippen molar-refractivity contribution in [2.45, 2.75) is 32.1 Å². The Morgan fingerprint density at radius 3 is 2.93 bits per heavy atom. The lowest BCUT2D eigenvalue weighted by molar-refractivity contribution is -0.139. The lowest BCUT2D eigenvalue weighted by Crippen LogP contribution is -2.44. The molecule has 7 heteroatoms. The van der Waals surface area contributed by atoms with Gasteiger partial charge in [-0.15, -0.1) is 11.3 Å². The minimum absolute atomic E-state index is 0.0268. The van der Waals surface area contributed by atoms with Crippen LogP contribution in [0.5, 0.6) is 0 Å². The van der Waals surface area contributed by atoms with Gasteiger partial charge < -0.3 is 14.5 Å². The first-order valence-electron chi connectivity index (χ1n) is 9.79. The summed E-state index contributed by atoms with van der Waals surface area (Å²) in [5.74, 6) is -1.06. The van der Waals surface area contributed by atoms with Gasteiger partial charge in [0.2, 0.25) is 11.8 Å². The Morgan fingerprint density at radius 1 is 1.38 bits per heavy atom. The molecule has 1 aromatic heterocycles. The Bertz CT molecular complexity index is 1020. The molecule has 2 fully saturated rings. The largest absolute Gasteiger partial charge is 0.360 e. The van der Waals surface area contributed by atoms with Crippen LogP contribution in [0, 0.1) is 25.7 Å². The summed E-state index contributed by atoms with van der Waals surface area (Å²) < 4.78 is 6.24. The molecule has 2 bridgehead atoms. The van der Waals surface area contributed by atoms with Gasteiger partial charge in [-0.2, -0.15) is 0 Å². The molecular formula is C22H23N3O3S. The minimum atomic E-state index is -0.705. The van der Waals surface area contributed by atoms with Crippen LogP contribution in [-0.4, -0.2) is 47.0 Å². The lowest BCUT2D eigenvalue weighted by Gasteiger charge is -2.27. The fourth-order valence-corrected chi connectivity index (χ4v) is 5.43. The first kappa shape index (κ1) is 18.5. The van der Waals surface area contributed by atoms with Crippen molar-refractivity contribution in [2.75, 3.05) is 18.5 Å². The van der Waals surface area contributed by atoms with Gasteiger partial charge in [0.25, 0.3) is 0 Å². The van der Waals surface area contributed by atoms with Crippen LogP contribution >= 0.6 is 11.3 Å². The Labute approximate surface area is 173 Å². The highest BCUT2D eigenvalue weighted by atomic mass is 32.1. The van der Waals surface area contributed by atoms with E-state index in [0.717, 1.165) is 16.3 Å². The van der Waals surface area contributed by atoms with Gasteiger partial charge in [0.1, 0.15) is 10.6 Å². The molecular weight excluding hydrogens is 386 g/mol. The molecule has 1 aromatic carbocycles. The molecule has 3 aliphatic heterocycles. The van der Waals surface area contributed by atoms with Gasteiger partial charge in [0.05, 0.1) is 31.0 Å². The predicted molar refractivity (Wildman–Crippen MR) is 111 cm³/mol. The normalized spacial score (nSPS) is 29.6. The Hall–Kier alpha value is -2.51. The highest BCUT2D eigenvalue weighted by molar-refractivity contribution is 7.09. The number of nitrogens with zero attached hydrogens (tertiary/aromatic N) is 3. The van der Waals surface area contributed by atoms with E-state index in [1.807, 2.05) is 42.7 Å². The monoisotopic (exact) mass is 409 g/mol. The van der Waals surface area contributed by atoms with Crippen molar-refractivity contribution < 1.29 is 14.3 Å². The molecule has 1 spiro atoms. The molecule has 3 aliphatic rings. The predicted octanol–water partition coefficient (Wildman–Crippen LogP) is 2.70. The smallest absolute Gasteiger partial charge is 0.234 e. The second-order valence-electron chi connectivity index (χ2n) is 8.21. The number of fused-ring (bicyclic) bond motifs is 1. The summed E-state index contributed by atoms with van der Waals surface area (Å²) >= 11 is 1.52. The van der Waals surface area contributed by atoms with Crippen molar-refractivity contribution in [1.29, 1.82) is 0 Å². The zero-order chi connectivity index (χ0) is 20.3. The van der Waals surface area contributed by atoms with E-state index in [0.29, 0.717) is 13.1 Å². The number of aryl methyl sites for hydroxylation is 2. The maximum Gasteiger partial charge on any atom is 0.234 e. The van der Waals surface area contributed by atoms with Crippen molar-refractivity contribution in [1.82, 2.24) is 9.88 Å². The van der Waals surface area contributed by atoms with Gasteiger partial charge in [-0.3, -0.25) is 9.59 Å². The van der Waals surface area contributed by atoms with E-state index in [1.165, 1.54) is 16.9 Å². The first-order valence-corrected chi connectivity index (χ1v) is 10.7. The molecule has 2 aromatic rings. The lowest BCUT2D eigenvalue weighted by atomic mass is 9.76. The fraction of sp³-hybridized carbons (Fsp3) is 0.409. The number of aromatic nitrogens is 1. The number of hydrogen-bond acceptors (Lipinski definition) is 5. The maximum atomic E-state index is 13.5. The minimum Gasteiger partial charge on any atom is -0.360 e. The molecule has 0 radical (unpaired) electrons. The van der Waals surface area contributed by atoms with Gasteiger partial charge in [0, 0.05) is 24.3 Å². The molecule has 0 aliphatic carbocycles. The van der Waals surface area contributed by atoms with Crippen LogP contribution in [0.1, 0.15) is 16.1 Å². The highest BCUT2D eigenvalue weighted by Crippen LogP contribution is 2.53. The van der Waals surface area contributed by atoms with Gasteiger partial charge in [-0.05, 0) is 37.1 Å². The maximum absolute atomic E-state index is 13.5. The third-order valence-corrected chi connectivity index (χ3v) is 7.18. The van der Waals surface area contributed by atoms with Crippen molar-refractivity contribution in [3.63, 3.8) is 0 Å². The summed E-state index contributed by atoms with van der Waals surface area (Å²) in [7, 11) is 1.77. The Morgan fingerprint density at radius 2 is 2.21 bits per heavy atom. The molecule has 4 heterocycles. The number of hydrogen-bond donors (Lipinski definition) is 0. The van der Waals surface area contributed by atoms with Crippen LogP contribution in [0.15, 0.2) is 41.9 Å². The SMILES string of the molecule is Cc1ccc(N2C[C@]34C=C[C@H](O3)[C@H](C(=O)N(C)Cc3nccs3)[C@@H]4C2=O)cc1C. The molecule has 150 valence electrons. The summed E-state index contributed by atoms with van der Waals surface area (Å²) in [5.41, 5.74) is 2.49. The number of rotatable bonds is 4. The molecule has 29 heavy (non-hydrogen) atoms. The van der Waals surface area contributed by atoms with E-state index >= 15 is 0 Å². The van der Waals surface area contributed by atoms with Crippen molar-refractivity contribution >= 4 is 28.8 Å². The fourth-order valence-electron chi connectivity index (χ4n) is 4.76. The number of anilines is 1. The van der Waals surface area contributed by atoms with E-state index in [-0.39, 0.29) is 17.9 Å². The molecule has 4 atom stereocenters. The molecule has 2 saturated heterocycles. The van der Waals surface area contributed by atoms with E-state index in [4.69, 9.17) is 4.74 Å². The van der Waals surface area contributed by atoms with E-state index < -0.39 is 17.4 Å². The number of carbonyl (C=O) groups is 2. The third-order valence-electron chi connectivity index (χ3n) is 6.42. The van der Waals surface area contributed by atoms with Crippen LogP contribution in [0.3, 0.4) is 0 Å². The van der Waals surface area contributed by atoms with Crippen molar-refractivity contribution in [3.05, 3.63) is 58.1 Å². The van der Waals surface area contributed by atoms with Gasteiger partial charge >= 0.3 is 0 Å². The average molecular weight is 410 g/mol. The van der Waals surface area contributed by atoms with Crippen molar-refractivity contribution in [2.24, 2.45) is 11.8 Å². The van der Waals surface area contributed by atoms with E-state index in [9.17, 15) is 9.59 Å². The zero-order valence-electron chi connectivity index (χ0n) is 16.7. The van der Waals surface area contributed by atoms with Crippen LogP contribution in [0.25, 0.3) is 0 Å². The molecule has 2 amide bonds. The number of benzene rings is 1. The second-order valence-corrected chi connectivity index (χ2v) is 9.19. The molecule has 0 saturated carbocycles. The first-order chi connectivity index (χ1) is 13.9. The van der Waals surface area contributed by atoms with Gasteiger partial charge in [-0.1, -0.05) is 18.2 Å². The second kappa shape index (κ2) is 6.50. The number of carbonyl (C=O) groups excluding carboxylic acids is 2. The summed E-state index contributed by atoms with van der Waals surface area (Å²) in [6, 6.07) is 6.04. The van der Waals surface area contributed by atoms with Crippen molar-refractivity contribution in [3.8, 4) is 0 Å². The average Bonchev–Trinajstić information content (AvgIpc) is 3.46. The zero-order valence-corrected chi connectivity index (χ0v) is 17.5. The summed E-state index contributed by atoms with van der Waals surface area (Å²) in [4.78, 5) is 34.5. The van der Waals surface area contributed by atoms with Gasteiger partial charge in [-0.25, -0.2) is 4.98 Å². The highest BCUT2D eigenvalue weighted by Gasteiger charge is 2.67. The molecule has 6 nitrogen and oxygen atoms in total. The topological polar surface area (TPSA) is 62.7 Å². The number of ether oxygens (including phenoxy) is 1. The molecule has 0 N–H and O–H groups in total. The summed E-state index contributed by atoms with van der Waals surface area (Å²) in [5, 5.41) is 2.78. The summed E-state index contributed by atoms with van der Waals surface area (Å²) in [6.07, 6.45) is 5.34. The number of thiazole rings is 1. The van der Waals surface area contributed by atoms with Crippen LogP contribution < -0.4 is 4.90 Å². The third kappa shape index (κ3) is 2.75. The quantitative estimate of drug-likeness (QED) is 0.729. The van der Waals surface area contributed by atoms with Crippen LogP contribution in [0.2, 0.25) is 0 Å². The van der Waals surface area contributed by atoms with E-state index in [1.54, 1.807) is 23.0 Å². The number of amides is 2. The van der Waals surface area contributed by atoms with Gasteiger partial charge in [0.15, 0.2) is 0 Å². The van der Waals surface area contributed by atoms with Crippen LogP contribution in [-0.2, 0) is 20.9 Å². The van der Waals surface area contributed by atoms with E-state index in [2.05, 4.69) is 11.9 Å². The van der Waals surface area contributed by atoms with Crippen LogP contribution in [0.4, 0.5) is 5.69 Å².